The Kier molecular flexibility index (Phi) is 4.24. The Hall–Kier alpha value is -1.61. The molecule has 0 saturated heterocycles. The molecule has 0 fully saturated rings. The molecule has 21 heavy (non-hydrogen) atoms. The summed E-state index contributed by atoms with van der Waals surface area (Å²) < 4.78 is 0. The maximum absolute atomic E-state index is 10.2. The van der Waals surface area contributed by atoms with Crippen molar-refractivity contribution in [2.24, 2.45) is 5.92 Å². The molecular weight excluding hydrogens is 260 g/mol. The van der Waals surface area contributed by atoms with E-state index in [0.29, 0.717) is 0 Å². The lowest BCUT2D eigenvalue weighted by molar-refractivity contribution is 0.122. The lowest BCUT2D eigenvalue weighted by atomic mass is 9.86. The summed E-state index contributed by atoms with van der Waals surface area (Å²) in [6.07, 6.45) is -0.527. The second-order valence-corrected chi connectivity index (χ2v) is 7.12. The predicted octanol–water partition coefficient (Wildman–Crippen LogP) is 4.37. The molecule has 1 heterocycles. The SMILES string of the molecule is Cc1[nH]c(-c2cccc(C(C)(C)C)c2)nc1C(O)C(C)C. The topological polar surface area (TPSA) is 48.9 Å². The van der Waals surface area contributed by atoms with Gasteiger partial charge in [-0.2, -0.15) is 0 Å². The fraction of sp³-hybridized carbons (Fsp3) is 0.500. The number of rotatable bonds is 3. The zero-order valence-electron chi connectivity index (χ0n) is 13.9. The molecule has 0 bridgehead atoms. The first-order valence-electron chi connectivity index (χ1n) is 7.55. The molecule has 0 spiro atoms. The zero-order chi connectivity index (χ0) is 15.8. The molecule has 0 aliphatic rings. The fourth-order valence-electron chi connectivity index (χ4n) is 2.35. The van der Waals surface area contributed by atoms with Crippen LogP contribution < -0.4 is 0 Å². The summed E-state index contributed by atoms with van der Waals surface area (Å²) in [5.74, 6) is 0.981. The quantitative estimate of drug-likeness (QED) is 0.880. The summed E-state index contributed by atoms with van der Waals surface area (Å²) >= 11 is 0. The van der Waals surface area contributed by atoms with E-state index in [4.69, 9.17) is 0 Å². The minimum Gasteiger partial charge on any atom is -0.386 e. The van der Waals surface area contributed by atoms with Gasteiger partial charge in [0.25, 0.3) is 0 Å². The Morgan fingerprint density at radius 1 is 1.19 bits per heavy atom. The number of nitrogens with one attached hydrogen (secondary N) is 1. The monoisotopic (exact) mass is 286 g/mol. The van der Waals surface area contributed by atoms with Gasteiger partial charge < -0.3 is 10.1 Å². The third-order valence-electron chi connectivity index (χ3n) is 3.84. The van der Waals surface area contributed by atoms with E-state index >= 15 is 0 Å². The Morgan fingerprint density at radius 3 is 2.43 bits per heavy atom. The van der Waals surface area contributed by atoms with Crippen molar-refractivity contribution in [3.8, 4) is 11.4 Å². The van der Waals surface area contributed by atoms with Crippen LogP contribution in [0.2, 0.25) is 0 Å². The molecule has 2 rings (SSSR count). The first-order valence-corrected chi connectivity index (χ1v) is 7.55. The van der Waals surface area contributed by atoms with Crippen molar-refractivity contribution in [1.29, 1.82) is 0 Å². The molecule has 114 valence electrons. The second-order valence-electron chi connectivity index (χ2n) is 7.12. The molecule has 1 unspecified atom stereocenters. The number of aliphatic hydroxyl groups is 1. The van der Waals surface area contributed by atoms with Gasteiger partial charge in [-0.15, -0.1) is 0 Å². The summed E-state index contributed by atoms with van der Waals surface area (Å²) in [6.45, 7) is 12.6. The lowest BCUT2D eigenvalue weighted by Gasteiger charge is -2.19. The molecule has 0 amide bonds. The van der Waals surface area contributed by atoms with Crippen molar-refractivity contribution in [2.75, 3.05) is 0 Å². The van der Waals surface area contributed by atoms with Gasteiger partial charge in [-0.3, -0.25) is 0 Å². The highest BCUT2D eigenvalue weighted by molar-refractivity contribution is 5.58. The molecule has 3 nitrogen and oxygen atoms in total. The van der Waals surface area contributed by atoms with E-state index in [1.807, 2.05) is 20.8 Å². The van der Waals surface area contributed by atoms with Crippen LogP contribution in [-0.4, -0.2) is 15.1 Å². The molecule has 2 N–H and O–H groups in total. The minimum atomic E-state index is -0.527. The van der Waals surface area contributed by atoms with E-state index in [9.17, 15) is 5.11 Å². The molecule has 2 aromatic rings. The molecule has 0 saturated carbocycles. The summed E-state index contributed by atoms with van der Waals surface area (Å²) in [4.78, 5) is 7.92. The van der Waals surface area contributed by atoms with E-state index in [2.05, 4.69) is 55.0 Å². The van der Waals surface area contributed by atoms with Gasteiger partial charge in [-0.1, -0.05) is 52.8 Å². The Balaban J connectivity index is 2.42. The van der Waals surface area contributed by atoms with Crippen LogP contribution in [0.4, 0.5) is 0 Å². The van der Waals surface area contributed by atoms with Crippen molar-refractivity contribution < 1.29 is 5.11 Å². The number of aromatic nitrogens is 2. The number of nitrogens with zero attached hydrogens (tertiary/aromatic N) is 1. The molecule has 3 heteroatoms. The first kappa shape index (κ1) is 15.8. The lowest BCUT2D eigenvalue weighted by Crippen LogP contribution is -2.10. The van der Waals surface area contributed by atoms with E-state index in [0.717, 1.165) is 22.8 Å². The number of H-pyrrole nitrogens is 1. The van der Waals surface area contributed by atoms with E-state index < -0.39 is 6.10 Å². The van der Waals surface area contributed by atoms with Crippen LogP contribution >= 0.6 is 0 Å². The van der Waals surface area contributed by atoms with Crippen molar-refractivity contribution in [3.05, 3.63) is 41.2 Å². The number of imidazole rings is 1. The molecule has 0 aliphatic heterocycles. The molecule has 1 aromatic heterocycles. The maximum atomic E-state index is 10.2. The van der Waals surface area contributed by atoms with E-state index in [1.54, 1.807) is 0 Å². The van der Waals surface area contributed by atoms with Gasteiger partial charge in [-0.25, -0.2) is 4.98 Å². The molecular formula is C18H26N2O. The summed E-state index contributed by atoms with van der Waals surface area (Å²) in [6, 6.07) is 8.43. The van der Waals surface area contributed by atoms with Crippen LogP contribution in [0.15, 0.2) is 24.3 Å². The Bertz CT molecular complexity index is 620. The number of hydrogen-bond acceptors (Lipinski definition) is 2. The Labute approximate surface area is 127 Å². The smallest absolute Gasteiger partial charge is 0.137 e. The van der Waals surface area contributed by atoms with Gasteiger partial charge in [0.1, 0.15) is 11.9 Å². The van der Waals surface area contributed by atoms with Gasteiger partial charge in [0.05, 0.1) is 5.69 Å². The standard InChI is InChI=1S/C18H26N2O/c1-11(2)16(21)15-12(3)19-17(20-15)13-8-7-9-14(10-13)18(4,5)6/h7-11,16,21H,1-6H3,(H,19,20). The van der Waals surface area contributed by atoms with E-state index in [-0.39, 0.29) is 11.3 Å². The van der Waals surface area contributed by atoms with Crippen LogP contribution in [0.3, 0.4) is 0 Å². The highest BCUT2D eigenvalue weighted by Gasteiger charge is 2.20. The van der Waals surface area contributed by atoms with Crippen molar-refractivity contribution in [3.63, 3.8) is 0 Å². The van der Waals surface area contributed by atoms with Crippen LogP contribution in [0, 0.1) is 12.8 Å². The van der Waals surface area contributed by atoms with Gasteiger partial charge in [0.2, 0.25) is 0 Å². The first-order chi connectivity index (χ1) is 9.70. The fourth-order valence-corrected chi connectivity index (χ4v) is 2.35. The number of aliphatic hydroxyl groups excluding tert-OH is 1. The normalized spacial score (nSPS) is 13.7. The van der Waals surface area contributed by atoms with Crippen molar-refractivity contribution in [1.82, 2.24) is 9.97 Å². The summed E-state index contributed by atoms with van der Waals surface area (Å²) in [7, 11) is 0. The third kappa shape index (κ3) is 3.35. The molecule has 1 atom stereocenters. The predicted molar refractivity (Wildman–Crippen MR) is 87.3 cm³/mol. The van der Waals surface area contributed by atoms with Crippen molar-refractivity contribution >= 4 is 0 Å². The largest absolute Gasteiger partial charge is 0.386 e. The van der Waals surface area contributed by atoms with Crippen molar-refractivity contribution in [2.45, 2.75) is 53.1 Å². The van der Waals surface area contributed by atoms with Gasteiger partial charge in [0.15, 0.2) is 0 Å². The maximum Gasteiger partial charge on any atom is 0.137 e. The number of aryl methyl sites for hydroxylation is 1. The highest BCUT2D eigenvalue weighted by atomic mass is 16.3. The minimum absolute atomic E-state index is 0.109. The highest BCUT2D eigenvalue weighted by Crippen LogP contribution is 2.29. The average Bonchev–Trinajstić information content (AvgIpc) is 2.79. The van der Waals surface area contributed by atoms with Gasteiger partial charge in [0, 0.05) is 11.3 Å². The van der Waals surface area contributed by atoms with Crippen LogP contribution in [0.25, 0.3) is 11.4 Å². The Morgan fingerprint density at radius 2 is 1.86 bits per heavy atom. The summed E-state index contributed by atoms with van der Waals surface area (Å²) in [5, 5.41) is 10.2. The van der Waals surface area contributed by atoms with Crippen LogP contribution in [0.5, 0.6) is 0 Å². The zero-order valence-corrected chi connectivity index (χ0v) is 13.9. The average molecular weight is 286 g/mol. The number of benzene rings is 1. The summed E-state index contributed by atoms with van der Waals surface area (Å²) in [5.41, 5.74) is 4.14. The van der Waals surface area contributed by atoms with Crippen LogP contribution in [-0.2, 0) is 5.41 Å². The van der Waals surface area contributed by atoms with Crippen LogP contribution in [0.1, 0.15) is 57.7 Å². The molecule has 1 aromatic carbocycles. The van der Waals surface area contributed by atoms with E-state index in [1.165, 1.54) is 5.56 Å². The number of aromatic amines is 1. The molecule has 0 radical (unpaired) electrons. The van der Waals surface area contributed by atoms with Gasteiger partial charge >= 0.3 is 0 Å². The second kappa shape index (κ2) is 5.64. The number of hydrogen-bond donors (Lipinski definition) is 2. The molecule has 0 aliphatic carbocycles. The van der Waals surface area contributed by atoms with Gasteiger partial charge in [-0.05, 0) is 29.9 Å². The third-order valence-corrected chi connectivity index (χ3v) is 3.84.